The third kappa shape index (κ3) is 4.24. The van der Waals surface area contributed by atoms with Gasteiger partial charge >= 0.3 is 0 Å². The second-order valence-corrected chi connectivity index (χ2v) is 6.04. The molecule has 3 rings (SSSR count). The van der Waals surface area contributed by atoms with Crippen LogP contribution in [-0.4, -0.2) is 15.6 Å². The Hall–Kier alpha value is -3.94. The van der Waals surface area contributed by atoms with E-state index in [-0.39, 0.29) is 23.5 Å². The summed E-state index contributed by atoms with van der Waals surface area (Å²) in [4.78, 5) is 41.1. The lowest BCUT2D eigenvalue weighted by Gasteiger charge is -2.10. The quantitative estimate of drug-likeness (QED) is 0.524. The number of rotatable bonds is 6. The molecule has 8 nitrogen and oxygen atoms in total. The topological polar surface area (TPSA) is 103 Å². The fourth-order valence-corrected chi connectivity index (χ4v) is 2.56. The number of pyridine rings is 1. The third-order valence-electron chi connectivity index (χ3n) is 3.97. The maximum atomic E-state index is 12.5. The number of anilines is 1. The molecule has 0 radical (unpaired) electrons. The molecule has 0 aliphatic carbocycles. The van der Waals surface area contributed by atoms with E-state index >= 15 is 0 Å². The van der Waals surface area contributed by atoms with Crippen LogP contribution in [0, 0.1) is 17.0 Å². The van der Waals surface area contributed by atoms with Gasteiger partial charge in [0.2, 0.25) is 0 Å². The van der Waals surface area contributed by atoms with Crippen molar-refractivity contribution >= 4 is 17.3 Å². The molecule has 0 unspecified atom stereocenters. The molecule has 1 N–H and O–H groups in total. The molecule has 0 aliphatic rings. The Morgan fingerprint density at radius 3 is 2.61 bits per heavy atom. The van der Waals surface area contributed by atoms with Crippen LogP contribution in [0.15, 0.2) is 71.7 Å². The first-order chi connectivity index (χ1) is 13.5. The molecule has 0 saturated carbocycles. The third-order valence-corrected chi connectivity index (χ3v) is 3.97. The van der Waals surface area contributed by atoms with Gasteiger partial charge in [0.1, 0.15) is 17.9 Å². The van der Waals surface area contributed by atoms with Crippen molar-refractivity contribution in [2.24, 2.45) is 0 Å². The van der Waals surface area contributed by atoms with Gasteiger partial charge < -0.3 is 10.2 Å². The molecule has 2 aromatic carbocycles. The van der Waals surface area contributed by atoms with Crippen LogP contribution in [0.1, 0.15) is 21.5 Å². The Morgan fingerprint density at radius 1 is 1.14 bits per heavy atom. The monoisotopic (exact) mass is 379 g/mol. The van der Waals surface area contributed by atoms with E-state index in [1.807, 2.05) is 30.3 Å². The van der Waals surface area contributed by atoms with Crippen molar-refractivity contribution in [2.75, 3.05) is 5.32 Å². The molecule has 142 valence electrons. The van der Waals surface area contributed by atoms with Crippen LogP contribution in [0.5, 0.6) is 0 Å². The van der Waals surface area contributed by atoms with Gasteiger partial charge in [0.15, 0.2) is 0 Å². The van der Waals surface area contributed by atoms with E-state index in [0.29, 0.717) is 5.56 Å². The molecule has 0 aliphatic heterocycles. The highest BCUT2D eigenvalue weighted by atomic mass is 16.7. The van der Waals surface area contributed by atoms with Crippen molar-refractivity contribution in [3.63, 3.8) is 0 Å². The number of hydrogen-bond donors (Lipinski definition) is 1. The minimum Gasteiger partial charge on any atom is -0.406 e. The van der Waals surface area contributed by atoms with Crippen LogP contribution in [-0.2, 0) is 6.61 Å². The number of nitro benzene ring substituents is 1. The van der Waals surface area contributed by atoms with Crippen LogP contribution < -0.4 is 15.7 Å². The molecule has 0 spiro atoms. The maximum Gasteiger partial charge on any atom is 0.295 e. The first-order valence-electron chi connectivity index (χ1n) is 8.41. The SMILES string of the molecule is Cc1ccc(NC(=O)c2cccn(OCc3ccccc3)c2=O)c([N+](=O)[O-])c1. The Morgan fingerprint density at radius 2 is 1.89 bits per heavy atom. The summed E-state index contributed by atoms with van der Waals surface area (Å²) < 4.78 is 0.964. The second kappa shape index (κ2) is 8.17. The van der Waals surface area contributed by atoms with Gasteiger partial charge in [-0.3, -0.25) is 19.7 Å². The Bertz CT molecular complexity index is 1080. The van der Waals surface area contributed by atoms with Gasteiger partial charge in [-0.15, -0.1) is 0 Å². The van der Waals surface area contributed by atoms with Crippen LogP contribution in [0.25, 0.3) is 0 Å². The summed E-state index contributed by atoms with van der Waals surface area (Å²) in [5.74, 6) is -0.755. The number of benzene rings is 2. The smallest absolute Gasteiger partial charge is 0.295 e. The number of aromatic nitrogens is 1. The maximum absolute atomic E-state index is 12.5. The number of nitrogens with zero attached hydrogens (tertiary/aromatic N) is 2. The summed E-state index contributed by atoms with van der Waals surface area (Å²) in [6, 6.07) is 16.5. The highest BCUT2D eigenvalue weighted by Crippen LogP contribution is 2.25. The van der Waals surface area contributed by atoms with Crippen molar-refractivity contribution in [3.05, 3.63) is 104 Å². The Kier molecular flexibility index (Phi) is 5.50. The average Bonchev–Trinajstić information content (AvgIpc) is 2.69. The number of aryl methyl sites for hydroxylation is 1. The van der Waals surface area contributed by atoms with Crippen molar-refractivity contribution < 1.29 is 14.6 Å². The summed E-state index contributed by atoms with van der Waals surface area (Å²) in [7, 11) is 0. The molecule has 3 aromatic rings. The number of carbonyl (C=O) groups excluding carboxylic acids is 1. The minimum atomic E-state index is -0.755. The molecule has 1 amide bonds. The lowest BCUT2D eigenvalue weighted by atomic mass is 10.2. The number of nitrogens with one attached hydrogen (secondary N) is 1. The number of nitro groups is 1. The van der Waals surface area contributed by atoms with Crippen LogP contribution in [0.3, 0.4) is 0 Å². The Balaban J connectivity index is 1.81. The molecule has 0 bridgehead atoms. The number of hydrogen-bond acceptors (Lipinski definition) is 5. The number of amides is 1. The molecule has 0 atom stereocenters. The lowest BCUT2D eigenvalue weighted by molar-refractivity contribution is -0.384. The molecule has 0 fully saturated rings. The van der Waals surface area contributed by atoms with Gasteiger partial charge in [0.25, 0.3) is 17.2 Å². The fourth-order valence-electron chi connectivity index (χ4n) is 2.56. The van der Waals surface area contributed by atoms with E-state index in [1.165, 1.54) is 30.5 Å². The summed E-state index contributed by atoms with van der Waals surface area (Å²) in [5.41, 5.74) is 0.460. The summed E-state index contributed by atoms with van der Waals surface area (Å²) in [6.07, 6.45) is 1.40. The Labute approximate surface area is 160 Å². The van der Waals surface area contributed by atoms with Gasteiger partial charge in [-0.2, -0.15) is 4.73 Å². The lowest BCUT2D eigenvalue weighted by Crippen LogP contribution is -2.32. The molecule has 8 heteroatoms. The van der Waals surface area contributed by atoms with Gasteiger partial charge in [-0.1, -0.05) is 36.4 Å². The summed E-state index contributed by atoms with van der Waals surface area (Å²) in [5, 5.41) is 13.6. The van der Waals surface area contributed by atoms with E-state index < -0.39 is 16.4 Å². The van der Waals surface area contributed by atoms with E-state index in [0.717, 1.165) is 10.3 Å². The summed E-state index contributed by atoms with van der Waals surface area (Å²) in [6.45, 7) is 1.85. The molecular weight excluding hydrogens is 362 g/mol. The summed E-state index contributed by atoms with van der Waals surface area (Å²) >= 11 is 0. The second-order valence-electron chi connectivity index (χ2n) is 6.04. The predicted octanol–water partition coefficient (Wildman–Crippen LogP) is 2.95. The average molecular weight is 379 g/mol. The van der Waals surface area contributed by atoms with Crippen LogP contribution in [0.4, 0.5) is 11.4 Å². The largest absolute Gasteiger partial charge is 0.406 e. The van der Waals surface area contributed by atoms with Gasteiger partial charge in [0.05, 0.1) is 4.92 Å². The van der Waals surface area contributed by atoms with Gasteiger partial charge in [-0.05, 0) is 36.2 Å². The fraction of sp³-hybridized carbons (Fsp3) is 0.100. The molecule has 1 aromatic heterocycles. The predicted molar refractivity (Wildman–Crippen MR) is 103 cm³/mol. The van der Waals surface area contributed by atoms with Crippen molar-refractivity contribution in [3.8, 4) is 0 Å². The minimum absolute atomic E-state index is 0.0145. The normalized spacial score (nSPS) is 10.3. The van der Waals surface area contributed by atoms with E-state index in [1.54, 1.807) is 13.0 Å². The van der Waals surface area contributed by atoms with E-state index in [4.69, 9.17) is 4.84 Å². The number of carbonyl (C=O) groups is 1. The van der Waals surface area contributed by atoms with E-state index in [2.05, 4.69) is 5.32 Å². The molecule has 0 saturated heterocycles. The highest BCUT2D eigenvalue weighted by Gasteiger charge is 2.19. The van der Waals surface area contributed by atoms with Gasteiger partial charge in [0, 0.05) is 12.3 Å². The molecule has 1 heterocycles. The first-order valence-corrected chi connectivity index (χ1v) is 8.41. The van der Waals surface area contributed by atoms with Crippen LogP contribution in [0.2, 0.25) is 0 Å². The van der Waals surface area contributed by atoms with Crippen molar-refractivity contribution in [1.29, 1.82) is 0 Å². The highest BCUT2D eigenvalue weighted by molar-refractivity contribution is 6.05. The molecular formula is C20H17N3O5. The van der Waals surface area contributed by atoms with Crippen molar-refractivity contribution in [1.82, 2.24) is 4.73 Å². The van der Waals surface area contributed by atoms with Gasteiger partial charge in [-0.25, -0.2) is 0 Å². The first kappa shape index (κ1) is 18.8. The van der Waals surface area contributed by atoms with Crippen molar-refractivity contribution in [2.45, 2.75) is 13.5 Å². The zero-order valence-corrected chi connectivity index (χ0v) is 15.0. The zero-order valence-electron chi connectivity index (χ0n) is 15.0. The zero-order chi connectivity index (χ0) is 20.1. The standard InChI is InChI=1S/C20H17N3O5/c1-14-9-10-17(18(12-14)23(26)27)21-19(24)16-8-5-11-22(20(16)25)28-13-15-6-3-2-4-7-15/h2-12H,13H2,1H3,(H,21,24). The molecule has 28 heavy (non-hydrogen) atoms. The van der Waals surface area contributed by atoms with Crippen LogP contribution >= 0.6 is 0 Å². The van der Waals surface area contributed by atoms with E-state index in [9.17, 15) is 19.7 Å².